The van der Waals surface area contributed by atoms with Crippen LogP contribution in [0.3, 0.4) is 0 Å². The molecule has 0 amide bonds. The first-order valence-corrected chi connectivity index (χ1v) is 7.40. The summed E-state index contributed by atoms with van der Waals surface area (Å²) < 4.78 is 6.59. The molecule has 0 aliphatic rings. The van der Waals surface area contributed by atoms with Crippen LogP contribution in [0.25, 0.3) is 5.69 Å². The van der Waals surface area contributed by atoms with Gasteiger partial charge < -0.3 is 10.1 Å². The van der Waals surface area contributed by atoms with Crippen LogP contribution in [0.4, 0.5) is 5.82 Å². The van der Waals surface area contributed by atoms with Crippen molar-refractivity contribution in [2.45, 2.75) is 33.1 Å². The summed E-state index contributed by atoms with van der Waals surface area (Å²) in [6.07, 6.45) is 0. The van der Waals surface area contributed by atoms with E-state index in [-0.39, 0.29) is 11.4 Å². The Kier molecular flexibility index (Phi) is 4.54. The third-order valence-corrected chi connectivity index (χ3v) is 3.37. The third-order valence-electron chi connectivity index (χ3n) is 3.37. The lowest BCUT2D eigenvalue weighted by molar-refractivity contribution is 0.0601. The number of esters is 1. The highest BCUT2D eigenvalue weighted by molar-refractivity contribution is 5.89. The normalized spacial score (nSPS) is 11.3. The highest BCUT2D eigenvalue weighted by Crippen LogP contribution is 2.26. The minimum absolute atomic E-state index is 0.0264. The van der Waals surface area contributed by atoms with Crippen molar-refractivity contribution in [3.63, 3.8) is 0 Å². The van der Waals surface area contributed by atoms with Gasteiger partial charge in [0.2, 0.25) is 0 Å². The molecule has 0 radical (unpaired) electrons. The minimum atomic E-state index is -0.339. The van der Waals surface area contributed by atoms with Gasteiger partial charge in [-0.3, -0.25) is 0 Å². The number of hydrogen-bond donors (Lipinski definition) is 1. The molecule has 2 aromatic rings. The number of nitrogens with one attached hydrogen (secondary N) is 1. The number of nitrogens with zero attached hydrogens (tertiary/aromatic N) is 2. The fourth-order valence-electron chi connectivity index (χ4n) is 2.11. The Hall–Kier alpha value is -2.30. The molecule has 22 heavy (non-hydrogen) atoms. The summed E-state index contributed by atoms with van der Waals surface area (Å²) in [5.74, 6) is 0.604. The van der Waals surface area contributed by atoms with Crippen molar-refractivity contribution in [3.05, 3.63) is 41.6 Å². The van der Waals surface area contributed by atoms with Gasteiger partial charge in [-0.05, 0) is 31.2 Å². The predicted octanol–water partition coefficient (Wildman–Crippen LogP) is 3.39. The van der Waals surface area contributed by atoms with Crippen molar-refractivity contribution in [2.24, 2.45) is 0 Å². The Bertz CT molecular complexity index is 652. The number of aromatic nitrogens is 2. The van der Waals surface area contributed by atoms with Crippen molar-refractivity contribution < 1.29 is 9.53 Å². The van der Waals surface area contributed by atoms with Crippen LogP contribution in [0.1, 0.15) is 43.7 Å². The molecule has 0 fully saturated rings. The number of anilines is 1. The van der Waals surface area contributed by atoms with E-state index < -0.39 is 0 Å². The zero-order chi connectivity index (χ0) is 16.3. The first-order valence-electron chi connectivity index (χ1n) is 7.40. The van der Waals surface area contributed by atoms with Gasteiger partial charge >= 0.3 is 5.97 Å². The zero-order valence-electron chi connectivity index (χ0n) is 13.8. The summed E-state index contributed by atoms with van der Waals surface area (Å²) in [4.78, 5) is 11.5. The molecule has 1 N–H and O–H groups in total. The van der Waals surface area contributed by atoms with Crippen LogP contribution in [0.5, 0.6) is 0 Å². The molecular formula is C17H23N3O2. The molecule has 0 saturated heterocycles. The van der Waals surface area contributed by atoms with Crippen LogP contribution in [0, 0.1) is 0 Å². The molecule has 0 atom stereocenters. The topological polar surface area (TPSA) is 56.2 Å². The number of carbonyl (C=O) groups excluding carboxylic acids is 1. The van der Waals surface area contributed by atoms with E-state index >= 15 is 0 Å². The lowest BCUT2D eigenvalue weighted by atomic mass is 9.92. The van der Waals surface area contributed by atoms with Gasteiger partial charge in [-0.1, -0.05) is 20.8 Å². The average Bonchev–Trinajstić information content (AvgIpc) is 2.91. The SMILES string of the molecule is CCNc1cc(C(C)(C)C)nn1-c1ccc(C(=O)OC)cc1. The summed E-state index contributed by atoms with van der Waals surface area (Å²) >= 11 is 0. The molecule has 0 aliphatic heterocycles. The van der Waals surface area contributed by atoms with Gasteiger partial charge in [0.15, 0.2) is 0 Å². The van der Waals surface area contributed by atoms with Crippen molar-refractivity contribution in [3.8, 4) is 5.69 Å². The van der Waals surface area contributed by atoms with Crippen LogP contribution < -0.4 is 5.32 Å². The smallest absolute Gasteiger partial charge is 0.337 e. The second-order valence-electron chi connectivity index (χ2n) is 6.15. The van der Waals surface area contributed by atoms with E-state index in [1.54, 1.807) is 12.1 Å². The maximum absolute atomic E-state index is 11.5. The van der Waals surface area contributed by atoms with Crippen LogP contribution in [-0.4, -0.2) is 29.4 Å². The molecule has 0 saturated carbocycles. The second kappa shape index (κ2) is 6.22. The number of methoxy groups -OCH3 is 1. The van der Waals surface area contributed by atoms with Crippen molar-refractivity contribution >= 4 is 11.8 Å². The lowest BCUT2D eigenvalue weighted by Crippen LogP contribution is -2.12. The molecule has 118 valence electrons. The standard InChI is InChI=1S/C17H23N3O2/c1-6-18-15-11-14(17(2,3)4)19-20(15)13-9-7-12(8-10-13)16(21)22-5/h7-11,18H,6H2,1-5H3. The number of carbonyl (C=O) groups is 1. The Balaban J connectivity index is 2.42. The summed E-state index contributed by atoms with van der Waals surface area (Å²) in [6.45, 7) is 9.27. The highest BCUT2D eigenvalue weighted by Gasteiger charge is 2.20. The van der Waals surface area contributed by atoms with Gasteiger partial charge in [-0.2, -0.15) is 5.10 Å². The quantitative estimate of drug-likeness (QED) is 0.880. The van der Waals surface area contributed by atoms with E-state index in [1.165, 1.54) is 7.11 Å². The summed E-state index contributed by atoms with van der Waals surface area (Å²) in [7, 11) is 1.38. The average molecular weight is 301 g/mol. The molecule has 5 heteroatoms. The van der Waals surface area contributed by atoms with Crippen molar-refractivity contribution in [1.29, 1.82) is 0 Å². The Morgan fingerprint density at radius 2 is 1.91 bits per heavy atom. The van der Waals surface area contributed by atoms with Crippen molar-refractivity contribution in [1.82, 2.24) is 9.78 Å². The molecular weight excluding hydrogens is 278 g/mol. The van der Waals surface area contributed by atoms with Gasteiger partial charge in [0.05, 0.1) is 24.1 Å². The molecule has 5 nitrogen and oxygen atoms in total. The Morgan fingerprint density at radius 1 is 1.27 bits per heavy atom. The summed E-state index contributed by atoms with van der Waals surface area (Å²) in [6, 6.07) is 9.29. The molecule has 1 aromatic carbocycles. The molecule has 1 heterocycles. The van der Waals surface area contributed by atoms with Crippen LogP contribution in [-0.2, 0) is 10.2 Å². The van der Waals surface area contributed by atoms with Crippen molar-refractivity contribution in [2.75, 3.05) is 19.0 Å². The number of hydrogen-bond acceptors (Lipinski definition) is 4. The first kappa shape index (κ1) is 16.1. The third kappa shape index (κ3) is 3.30. The van der Waals surface area contributed by atoms with Crippen LogP contribution >= 0.6 is 0 Å². The number of ether oxygens (including phenoxy) is 1. The lowest BCUT2D eigenvalue weighted by Gasteiger charge is -2.14. The Labute approximate surface area is 131 Å². The van der Waals surface area contributed by atoms with E-state index in [2.05, 4.69) is 39.1 Å². The van der Waals surface area contributed by atoms with E-state index in [0.717, 1.165) is 23.7 Å². The Morgan fingerprint density at radius 3 is 2.41 bits per heavy atom. The number of benzene rings is 1. The predicted molar refractivity (Wildman–Crippen MR) is 87.8 cm³/mol. The van der Waals surface area contributed by atoms with Crippen LogP contribution in [0.2, 0.25) is 0 Å². The van der Waals surface area contributed by atoms with Gasteiger partial charge in [0.25, 0.3) is 0 Å². The van der Waals surface area contributed by atoms with E-state index in [9.17, 15) is 4.79 Å². The second-order valence-corrected chi connectivity index (χ2v) is 6.15. The van der Waals surface area contributed by atoms with Gasteiger partial charge in [-0.25, -0.2) is 9.48 Å². The minimum Gasteiger partial charge on any atom is -0.465 e. The molecule has 0 bridgehead atoms. The molecule has 0 spiro atoms. The maximum Gasteiger partial charge on any atom is 0.337 e. The largest absolute Gasteiger partial charge is 0.465 e. The first-order chi connectivity index (χ1) is 10.4. The summed E-state index contributed by atoms with van der Waals surface area (Å²) in [5, 5.41) is 8.03. The van der Waals surface area contributed by atoms with E-state index in [1.807, 2.05) is 16.8 Å². The highest BCUT2D eigenvalue weighted by atomic mass is 16.5. The molecule has 1 aromatic heterocycles. The number of rotatable bonds is 4. The van der Waals surface area contributed by atoms with Gasteiger partial charge in [0.1, 0.15) is 5.82 Å². The van der Waals surface area contributed by atoms with Gasteiger partial charge in [-0.15, -0.1) is 0 Å². The van der Waals surface area contributed by atoms with E-state index in [4.69, 9.17) is 9.84 Å². The molecule has 0 aliphatic carbocycles. The monoisotopic (exact) mass is 301 g/mol. The molecule has 2 rings (SSSR count). The maximum atomic E-state index is 11.5. The van der Waals surface area contributed by atoms with Gasteiger partial charge in [0, 0.05) is 18.0 Å². The molecule has 0 unspecified atom stereocenters. The summed E-state index contributed by atoms with van der Waals surface area (Å²) in [5.41, 5.74) is 2.42. The fourth-order valence-corrected chi connectivity index (χ4v) is 2.11. The fraction of sp³-hybridized carbons (Fsp3) is 0.412. The van der Waals surface area contributed by atoms with E-state index in [0.29, 0.717) is 5.56 Å². The van der Waals surface area contributed by atoms with Crippen LogP contribution in [0.15, 0.2) is 30.3 Å². The zero-order valence-corrected chi connectivity index (χ0v) is 13.8.